The summed E-state index contributed by atoms with van der Waals surface area (Å²) < 4.78 is 0. The van der Waals surface area contributed by atoms with Crippen LogP contribution in [-0.2, 0) is 0 Å². The molecule has 0 spiro atoms. The van der Waals surface area contributed by atoms with Gasteiger partial charge in [0.1, 0.15) is 11.9 Å². The van der Waals surface area contributed by atoms with E-state index in [1.54, 1.807) is 6.20 Å². The lowest BCUT2D eigenvalue weighted by Gasteiger charge is -2.38. The minimum absolute atomic E-state index is 0.000457. The van der Waals surface area contributed by atoms with Crippen molar-refractivity contribution in [2.24, 2.45) is 0 Å². The van der Waals surface area contributed by atoms with Gasteiger partial charge in [-0.2, -0.15) is 5.26 Å². The average Bonchev–Trinajstić information content (AvgIpc) is 2.95. The summed E-state index contributed by atoms with van der Waals surface area (Å²) in [5.41, 5.74) is 1.18. The Morgan fingerprint density at radius 2 is 2.28 bits per heavy atom. The minimum atomic E-state index is 0.000457. The molecule has 0 unspecified atom stereocenters. The monoisotopic (exact) mass is 336 g/mol. The molecule has 1 N–H and O–H groups in total. The summed E-state index contributed by atoms with van der Waals surface area (Å²) in [5, 5.41) is 13.5. The van der Waals surface area contributed by atoms with Gasteiger partial charge in [0.2, 0.25) is 0 Å². The number of rotatable bonds is 2. The molecule has 25 heavy (non-hydrogen) atoms. The van der Waals surface area contributed by atoms with Gasteiger partial charge in [-0.15, -0.1) is 0 Å². The van der Waals surface area contributed by atoms with E-state index in [1.165, 1.54) is 0 Å². The van der Waals surface area contributed by atoms with Crippen molar-refractivity contribution in [1.29, 1.82) is 5.26 Å². The Morgan fingerprint density at radius 1 is 1.44 bits per heavy atom. The topological polar surface area (TPSA) is 85.2 Å². The maximum atomic E-state index is 12.2. The number of piperidine rings is 1. The van der Waals surface area contributed by atoms with Crippen LogP contribution in [0.3, 0.4) is 0 Å². The van der Waals surface area contributed by atoms with E-state index in [0.29, 0.717) is 23.6 Å². The molecular weight excluding hydrogens is 316 g/mol. The molecule has 2 amide bonds. The zero-order chi connectivity index (χ0) is 17.6. The summed E-state index contributed by atoms with van der Waals surface area (Å²) in [7, 11) is 0. The van der Waals surface area contributed by atoms with Gasteiger partial charge in [0.05, 0.1) is 17.6 Å². The molecule has 0 aliphatic carbocycles. The fraction of sp³-hybridized carbons (Fsp3) is 0.444. The van der Waals surface area contributed by atoms with Crippen LogP contribution in [0, 0.1) is 11.3 Å². The number of nitrogens with zero attached hydrogens (tertiary/aromatic N) is 5. The molecular formula is C18H20N6O. The molecule has 0 aromatic carbocycles. The fourth-order valence-electron chi connectivity index (χ4n) is 3.93. The molecule has 2 aliphatic heterocycles. The smallest absolute Gasteiger partial charge is 0.318 e. The summed E-state index contributed by atoms with van der Waals surface area (Å²) >= 11 is 0. The van der Waals surface area contributed by atoms with Gasteiger partial charge < -0.3 is 15.1 Å². The van der Waals surface area contributed by atoms with Gasteiger partial charge in [-0.25, -0.2) is 14.8 Å². The molecule has 0 saturated carbocycles. The van der Waals surface area contributed by atoms with Crippen molar-refractivity contribution >= 4 is 22.9 Å². The molecule has 128 valence electrons. The number of nitriles is 1. The molecule has 7 nitrogen and oxygen atoms in total. The maximum absolute atomic E-state index is 12.2. The third-order valence-corrected chi connectivity index (χ3v) is 5.02. The number of carbonyl (C=O) groups excluding carboxylic acids is 1. The predicted octanol–water partition coefficient (Wildman–Crippen LogP) is 1.88. The van der Waals surface area contributed by atoms with Gasteiger partial charge in [-0.05, 0) is 38.5 Å². The number of anilines is 1. The van der Waals surface area contributed by atoms with Crippen LogP contribution in [0.15, 0.2) is 24.4 Å². The van der Waals surface area contributed by atoms with Crippen molar-refractivity contribution in [2.45, 2.75) is 38.4 Å². The highest BCUT2D eigenvalue weighted by atomic mass is 16.2. The second kappa shape index (κ2) is 5.88. The van der Waals surface area contributed by atoms with Crippen molar-refractivity contribution < 1.29 is 4.79 Å². The van der Waals surface area contributed by atoms with Crippen molar-refractivity contribution in [2.75, 3.05) is 18.0 Å². The number of hydrogen-bond acceptors (Lipinski definition) is 5. The highest BCUT2D eigenvalue weighted by Gasteiger charge is 2.44. The first-order chi connectivity index (χ1) is 12.1. The van der Waals surface area contributed by atoms with E-state index in [0.717, 1.165) is 18.4 Å². The molecule has 0 radical (unpaired) electrons. The van der Waals surface area contributed by atoms with E-state index in [4.69, 9.17) is 0 Å². The first kappa shape index (κ1) is 15.6. The van der Waals surface area contributed by atoms with Crippen LogP contribution in [0.4, 0.5) is 10.6 Å². The highest BCUT2D eigenvalue weighted by Crippen LogP contribution is 2.29. The molecule has 4 heterocycles. The van der Waals surface area contributed by atoms with Crippen LogP contribution in [0.1, 0.15) is 25.8 Å². The molecule has 2 aromatic rings. The van der Waals surface area contributed by atoms with Crippen LogP contribution < -0.4 is 10.2 Å². The SMILES string of the molecule is CC(C)N1C(=O)N[C@@H]2CN(c3nc4ncccc4cc3C#N)CC[C@@H]21. The van der Waals surface area contributed by atoms with Crippen LogP contribution in [0.2, 0.25) is 0 Å². The number of urea groups is 1. The van der Waals surface area contributed by atoms with Crippen LogP contribution >= 0.6 is 0 Å². The van der Waals surface area contributed by atoms with E-state index in [1.807, 2.05) is 36.9 Å². The van der Waals surface area contributed by atoms with Crippen LogP contribution in [0.25, 0.3) is 11.0 Å². The van der Waals surface area contributed by atoms with Gasteiger partial charge in [0.15, 0.2) is 5.65 Å². The van der Waals surface area contributed by atoms with E-state index >= 15 is 0 Å². The Morgan fingerprint density at radius 3 is 3.04 bits per heavy atom. The van der Waals surface area contributed by atoms with Crippen molar-refractivity contribution in [3.63, 3.8) is 0 Å². The second-order valence-electron chi connectivity index (χ2n) is 6.88. The predicted molar refractivity (Wildman–Crippen MR) is 94.2 cm³/mol. The zero-order valence-corrected chi connectivity index (χ0v) is 14.3. The standard InChI is InChI=1S/C18H20N6O/c1-11(2)24-15-5-7-23(10-14(15)21-18(24)25)17-13(9-19)8-12-4-3-6-20-16(12)22-17/h3-4,6,8,11,14-15H,5,7,10H2,1-2H3,(H,21,25)/t14-,15+/m1/s1. The summed E-state index contributed by atoms with van der Waals surface area (Å²) in [5.74, 6) is 0.657. The van der Waals surface area contributed by atoms with Gasteiger partial charge in [0, 0.05) is 30.7 Å². The summed E-state index contributed by atoms with van der Waals surface area (Å²) in [6.07, 6.45) is 2.56. The second-order valence-corrected chi connectivity index (χ2v) is 6.88. The van der Waals surface area contributed by atoms with Gasteiger partial charge in [0.25, 0.3) is 0 Å². The first-order valence-corrected chi connectivity index (χ1v) is 8.58. The van der Waals surface area contributed by atoms with E-state index in [9.17, 15) is 10.1 Å². The Labute approximate surface area is 146 Å². The molecule has 7 heteroatoms. The number of carbonyl (C=O) groups is 1. The van der Waals surface area contributed by atoms with Crippen LogP contribution in [0.5, 0.6) is 0 Å². The van der Waals surface area contributed by atoms with Crippen molar-refractivity contribution in [3.05, 3.63) is 30.0 Å². The van der Waals surface area contributed by atoms with Crippen LogP contribution in [-0.4, -0.2) is 52.1 Å². The number of amides is 2. The number of hydrogen-bond donors (Lipinski definition) is 1. The lowest BCUT2D eigenvalue weighted by Crippen LogP contribution is -2.52. The van der Waals surface area contributed by atoms with E-state index in [-0.39, 0.29) is 24.2 Å². The molecule has 2 atom stereocenters. The van der Waals surface area contributed by atoms with Crippen molar-refractivity contribution in [3.8, 4) is 6.07 Å². The molecule has 2 saturated heterocycles. The lowest BCUT2D eigenvalue weighted by molar-refractivity contribution is 0.175. The third-order valence-electron chi connectivity index (χ3n) is 5.02. The highest BCUT2D eigenvalue weighted by molar-refractivity contribution is 5.80. The third kappa shape index (κ3) is 2.54. The van der Waals surface area contributed by atoms with E-state index < -0.39 is 0 Å². The molecule has 2 aromatic heterocycles. The average molecular weight is 336 g/mol. The Bertz CT molecular complexity index is 873. The summed E-state index contributed by atoms with van der Waals surface area (Å²) in [4.78, 5) is 25.2. The Balaban J connectivity index is 1.65. The maximum Gasteiger partial charge on any atom is 0.318 e. The zero-order valence-electron chi connectivity index (χ0n) is 14.3. The first-order valence-electron chi connectivity index (χ1n) is 8.58. The summed E-state index contributed by atoms with van der Waals surface area (Å²) in [6, 6.07) is 8.27. The normalized spacial score (nSPS) is 22.9. The Kier molecular flexibility index (Phi) is 3.68. The minimum Gasteiger partial charge on any atom is -0.353 e. The molecule has 0 bridgehead atoms. The number of fused-ring (bicyclic) bond motifs is 2. The van der Waals surface area contributed by atoms with E-state index in [2.05, 4.69) is 26.3 Å². The Hall–Kier alpha value is -2.88. The largest absolute Gasteiger partial charge is 0.353 e. The van der Waals surface area contributed by atoms with Gasteiger partial charge >= 0.3 is 6.03 Å². The molecule has 2 aliphatic rings. The van der Waals surface area contributed by atoms with Crippen molar-refractivity contribution in [1.82, 2.24) is 20.2 Å². The number of pyridine rings is 2. The van der Waals surface area contributed by atoms with Gasteiger partial charge in [-0.3, -0.25) is 0 Å². The lowest BCUT2D eigenvalue weighted by atomic mass is 9.98. The van der Waals surface area contributed by atoms with Gasteiger partial charge in [-0.1, -0.05) is 0 Å². The molecule has 2 fully saturated rings. The quantitative estimate of drug-likeness (QED) is 0.905. The fourth-order valence-corrected chi connectivity index (χ4v) is 3.93. The summed E-state index contributed by atoms with van der Waals surface area (Å²) in [6.45, 7) is 5.50. The number of aromatic nitrogens is 2. The number of nitrogens with one attached hydrogen (secondary N) is 1. The molecule has 4 rings (SSSR count).